The van der Waals surface area contributed by atoms with E-state index in [-0.39, 0.29) is 17.2 Å². The number of fused-ring (bicyclic) bond motifs is 1. The van der Waals surface area contributed by atoms with Crippen LogP contribution in [0.15, 0.2) is 42.7 Å². The zero-order valence-electron chi connectivity index (χ0n) is 9.67. The Balaban J connectivity index is 2.01. The van der Waals surface area contributed by atoms with Gasteiger partial charge in [-0.15, -0.1) is 18.7 Å². The summed E-state index contributed by atoms with van der Waals surface area (Å²) < 4.78 is 39.1. The molecule has 0 unspecified atom stereocenters. The van der Waals surface area contributed by atoms with Crippen LogP contribution in [0.25, 0.3) is 0 Å². The van der Waals surface area contributed by atoms with Crippen molar-refractivity contribution < 1.29 is 13.2 Å². The maximum Gasteiger partial charge on any atom is 0.500 e. The molecule has 1 aliphatic heterocycles. The number of anilines is 1. The summed E-state index contributed by atoms with van der Waals surface area (Å²) in [5.74, 6) is 0. The van der Waals surface area contributed by atoms with Crippen molar-refractivity contribution in [2.24, 2.45) is 0 Å². The SMILES string of the molecule is FC(F)(F)N1NN(n2cccn2)Cc2ccccc21. The fraction of sp³-hybridized carbons (Fsp3) is 0.182. The Morgan fingerprint density at radius 3 is 2.63 bits per heavy atom. The van der Waals surface area contributed by atoms with E-state index in [4.69, 9.17) is 0 Å². The van der Waals surface area contributed by atoms with E-state index in [1.165, 1.54) is 22.2 Å². The number of alkyl halides is 3. The standard InChI is InChI=1S/C11H10F3N5/c12-11(13,14)19-10-5-2-1-4-9(10)8-18(16-19)17-7-3-6-15-17/h1-7,16H,8H2. The number of halogens is 3. The van der Waals surface area contributed by atoms with E-state index in [1.54, 1.807) is 30.5 Å². The van der Waals surface area contributed by atoms with Crippen molar-refractivity contribution in [3.63, 3.8) is 0 Å². The van der Waals surface area contributed by atoms with Gasteiger partial charge in [0.05, 0.1) is 24.6 Å². The molecule has 1 aromatic carbocycles. The van der Waals surface area contributed by atoms with Crippen molar-refractivity contribution >= 4 is 5.69 Å². The molecule has 2 heterocycles. The molecule has 0 amide bonds. The third-order valence-corrected chi connectivity index (χ3v) is 2.76. The van der Waals surface area contributed by atoms with E-state index in [0.717, 1.165) is 0 Å². The fourth-order valence-corrected chi connectivity index (χ4v) is 1.94. The van der Waals surface area contributed by atoms with Gasteiger partial charge in [-0.05, 0) is 12.1 Å². The second kappa shape index (κ2) is 4.16. The highest BCUT2D eigenvalue weighted by atomic mass is 19.4. The van der Waals surface area contributed by atoms with E-state index in [1.807, 2.05) is 0 Å². The van der Waals surface area contributed by atoms with Crippen molar-refractivity contribution in [2.45, 2.75) is 12.8 Å². The van der Waals surface area contributed by atoms with E-state index in [0.29, 0.717) is 5.56 Å². The van der Waals surface area contributed by atoms with Crippen LogP contribution in [0.1, 0.15) is 5.56 Å². The Hall–Kier alpha value is -2.22. The average molecular weight is 269 g/mol. The van der Waals surface area contributed by atoms with Crippen LogP contribution in [0, 0.1) is 0 Å². The van der Waals surface area contributed by atoms with Crippen LogP contribution < -0.4 is 15.7 Å². The Morgan fingerprint density at radius 1 is 1.16 bits per heavy atom. The van der Waals surface area contributed by atoms with Crippen molar-refractivity contribution in [3.8, 4) is 0 Å². The van der Waals surface area contributed by atoms with E-state index in [2.05, 4.69) is 10.6 Å². The van der Waals surface area contributed by atoms with E-state index >= 15 is 0 Å². The molecule has 1 aromatic heterocycles. The van der Waals surface area contributed by atoms with Gasteiger partial charge < -0.3 is 0 Å². The number of nitrogens with one attached hydrogen (secondary N) is 1. The molecule has 0 radical (unpaired) electrons. The predicted octanol–water partition coefficient (Wildman–Crippen LogP) is 1.78. The highest BCUT2D eigenvalue weighted by Gasteiger charge is 2.42. The minimum Gasteiger partial charge on any atom is -0.207 e. The second-order valence-corrected chi connectivity index (χ2v) is 4.02. The monoisotopic (exact) mass is 269 g/mol. The van der Waals surface area contributed by atoms with Crippen LogP contribution in [0.4, 0.5) is 18.9 Å². The molecule has 0 atom stereocenters. The summed E-state index contributed by atoms with van der Waals surface area (Å²) in [6.07, 6.45) is -1.46. The lowest BCUT2D eigenvalue weighted by molar-refractivity contribution is -0.139. The van der Waals surface area contributed by atoms with Gasteiger partial charge >= 0.3 is 6.30 Å². The first-order valence-electron chi connectivity index (χ1n) is 5.54. The third-order valence-electron chi connectivity index (χ3n) is 2.76. The van der Waals surface area contributed by atoms with Gasteiger partial charge in [0.2, 0.25) is 0 Å². The lowest BCUT2D eigenvalue weighted by Gasteiger charge is -2.39. The number of benzene rings is 1. The summed E-state index contributed by atoms with van der Waals surface area (Å²) in [6.45, 7) is 0.282. The van der Waals surface area contributed by atoms with Crippen molar-refractivity contribution in [1.29, 1.82) is 0 Å². The minimum absolute atomic E-state index is 0.0957. The van der Waals surface area contributed by atoms with Crippen LogP contribution >= 0.6 is 0 Å². The maximum atomic E-state index is 13.0. The number of nitrogens with zero attached hydrogens (tertiary/aromatic N) is 4. The lowest BCUT2D eigenvalue weighted by Crippen LogP contribution is -2.62. The lowest BCUT2D eigenvalue weighted by atomic mass is 10.1. The zero-order valence-corrected chi connectivity index (χ0v) is 9.67. The molecule has 0 saturated carbocycles. The normalized spacial score (nSPS) is 15.5. The van der Waals surface area contributed by atoms with Crippen LogP contribution in [0.5, 0.6) is 0 Å². The minimum atomic E-state index is -4.53. The molecular formula is C11H10F3N5. The predicted molar refractivity (Wildman–Crippen MR) is 62.3 cm³/mol. The molecular weight excluding hydrogens is 259 g/mol. The molecule has 2 aromatic rings. The topological polar surface area (TPSA) is 36.3 Å². The quantitative estimate of drug-likeness (QED) is 0.801. The molecule has 19 heavy (non-hydrogen) atoms. The Kier molecular flexibility index (Phi) is 2.59. The molecule has 100 valence electrons. The zero-order chi connectivity index (χ0) is 13.5. The molecule has 1 N–H and O–H groups in total. The first-order chi connectivity index (χ1) is 9.05. The van der Waals surface area contributed by atoms with Crippen molar-refractivity contribution in [3.05, 3.63) is 48.3 Å². The second-order valence-electron chi connectivity index (χ2n) is 4.02. The summed E-state index contributed by atoms with van der Waals surface area (Å²) in [6, 6.07) is 8.00. The molecule has 0 bridgehead atoms. The molecule has 1 aliphatic rings. The van der Waals surface area contributed by atoms with Gasteiger partial charge in [-0.3, -0.25) is 0 Å². The largest absolute Gasteiger partial charge is 0.500 e. The summed E-state index contributed by atoms with van der Waals surface area (Å²) in [4.78, 5) is 1.31. The van der Waals surface area contributed by atoms with Crippen molar-refractivity contribution in [2.75, 3.05) is 10.1 Å². The Bertz CT molecular complexity index is 566. The number of hydrazine groups is 2. The van der Waals surface area contributed by atoms with Gasteiger partial charge in [0.15, 0.2) is 0 Å². The number of para-hydroxylation sites is 1. The average Bonchev–Trinajstić information content (AvgIpc) is 2.90. The molecule has 0 saturated heterocycles. The number of rotatable bonds is 1. The van der Waals surface area contributed by atoms with Gasteiger partial charge in [0, 0.05) is 5.56 Å². The molecule has 8 heteroatoms. The van der Waals surface area contributed by atoms with E-state index in [9.17, 15) is 13.2 Å². The van der Waals surface area contributed by atoms with Gasteiger partial charge in [0.1, 0.15) is 0 Å². The molecule has 3 rings (SSSR count). The maximum absolute atomic E-state index is 13.0. The number of hydrogen-bond donors (Lipinski definition) is 1. The Morgan fingerprint density at radius 2 is 1.95 bits per heavy atom. The fourth-order valence-electron chi connectivity index (χ4n) is 1.94. The molecule has 0 aliphatic carbocycles. The van der Waals surface area contributed by atoms with Crippen LogP contribution in [-0.4, -0.2) is 16.2 Å². The third kappa shape index (κ3) is 2.10. The highest BCUT2D eigenvalue weighted by Crippen LogP contribution is 2.32. The smallest absolute Gasteiger partial charge is 0.207 e. The first kappa shape index (κ1) is 11.8. The van der Waals surface area contributed by atoms with Crippen LogP contribution in [0.2, 0.25) is 0 Å². The summed E-state index contributed by atoms with van der Waals surface area (Å²) in [7, 11) is 0. The number of hydrogen-bond acceptors (Lipinski definition) is 4. The van der Waals surface area contributed by atoms with Gasteiger partial charge in [-0.1, -0.05) is 18.2 Å². The molecule has 5 nitrogen and oxygen atoms in total. The van der Waals surface area contributed by atoms with Gasteiger partial charge in [-0.2, -0.15) is 14.9 Å². The van der Waals surface area contributed by atoms with Gasteiger partial charge in [0.25, 0.3) is 0 Å². The Labute approximate surface area is 106 Å². The van der Waals surface area contributed by atoms with Gasteiger partial charge in [-0.25, -0.2) is 5.12 Å². The van der Waals surface area contributed by atoms with E-state index < -0.39 is 6.30 Å². The first-order valence-corrected chi connectivity index (χ1v) is 5.54. The molecule has 0 fully saturated rings. The number of aromatic nitrogens is 2. The summed E-state index contributed by atoms with van der Waals surface area (Å²) >= 11 is 0. The molecule has 0 spiro atoms. The highest BCUT2D eigenvalue weighted by molar-refractivity contribution is 5.55. The summed E-state index contributed by atoms with van der Waals surface area (Å²) in [5, 5.41) is 5.36. The van der Waals surface area contributed by atoms with Crippen molar-refractivity contribution in [1.82, 2.24) is 15.4 Å². The van der Waals surface area contributed by atoms with Crippen LogP contribution in [0.3, 0.4) is 0 Å². The van der Waals surface area contributed by atoms with Crippen LogP contribution in [-0.2, 0) is 6.54 Å². The summed E-state index contributed by atoms with van der Waals surface area (Å²) in [5.41, 5.74) is 2.95.